The minimum absolute atomic E-state index is 0.0238. The highest BCUT2D eigenvalue weighted by molar-refractivity contribution is 5.30. The number of hydrogen-bond acceptors (Lipinski definition) is 4. The number of aliphatic hydroxyl groups is 2. The molecule has 0 aliphatic carbocycles. The van der Waals surface area contributed by atoms with Gasteiger partial charge in [-0.3, -0.25) is 0 Å². The van der Waals surface area contributed by atoms with Crippen molar-refractivity contribution in [1.29, 1.82) is 0 Å². The van der Waals surface area contributed by atoms with E-state index in [0.29, 0.717) is 0 Å². The average Bonchev–Trinajstić information content (AvgIpc) is 2.27. The average molecular weight is 241 g/mol. The van der Waals surface area contributed by atoms with Crippen LogP contribution in [-0.4, -0.2) is 28.0 Å². The maximum atomic E-state index is 12.9. The lowest BCUT2D eigenvalue weighted by Gasteiger charge is -2.17. The second kappa shape index (κ2) is 6.05. The number of phenolic OH excluding ortho intramolecular Hbond substituents is 1. The predicted octanol–water partition coefficient (Wildman–Crippen LogP) is 1.63. The van der Waals surface area contributed by atoms with Crippen LogP contribution < -0.4 is 0 Å². The molecule has 2 unspecified atom stereocenters. The summed E-state index contributed by atoms with van der Waals surface area (Å²) in [4.78, 5) is 2.50. The van der Waals surface area contributed by atoms with E-state index in [2.05, 4.69) is 10.0 Å². The Labute approximate surface area is 96.6 Å². The van der Waals surface area contributed by atoms with E-state index in [9.17, 15) is 14.6 Å². The van der Waals surface area contributed by atoms with Crippen molar-refractivity contribution in [3.63, 3.8) is 0 Å². The first-order valence-electron chi connectivity index (χ1n) is 4.91. The molecule has 0 saturated heterocycles. The zero-order chi connectivity index (χ0) is 12.8. The van der Waals surface area contributed by atoms with E-state index in [1.54, 1.807) is 0 Å². The molecule has 6 nitrogen and oxygen atoms in total. The molecule has 0 fully saturated rings. The summed E-state index contributed by atoms with van der Waals surface area (Å²) >= 11 is 0. The molecule has 0 spiro atoms. The van der Waals surface area contributed by atoms with E-state index >= 15 is 0 Å². The fourth-order valence-corrected chi connectivity index (χ4v) is 1.38. The SMILES string of the molecule is [N-]=[N+]=NCCC(O)C(O)c1cc(O)cc(F)c1. The summed E-state index contributed by atoms with van der Waals surface area (Å²) in [5, 5.41) is 31.6. The number of nitrogens with zero attached hydrogens (tertiary/aromatic N) is 3. The maximum Gasteiger partial charge on any atom is 0.127 e. The lowest BCUT2D eigenvalue weighted by Crippen LogP contribution is -2.19. The number of rotatable bonds is 5. The van der Waals surface area contributed by atoms with Gasteiger partial charge in [0.05, 0.1) is 6.10 Å². The molecule has 0 aliphatic heterocycles. The fraction of sp³-hybridized carbons (Fsp3) is 0.400. The van der Waals surface area contributed by atoms with Crippen molar-refractivity contribution in [2.45, 2.75) is 18.6 Å². The van der Waals surface area contributed by atoms with Gasteiger partial charge in [0.2, 0.25) is 0 Å². The predicted molar refractivity (Wildman–Crippen MR) is 57.7 cm³/mol. The van der Waals surface area contributed by atoms with Crippen LogP contribution in [-0.2, 0) is 0 Å². The number of phenols is 1. The monoisotopic (exact) mass is 241 g/mol. The first-order valence-corrected chi connectivity index (χ1v) is 4.91. The second-order valence-corrected chi connectivity index (χ2v) is 3.50. The largest absolute Gasteiger partial charge is 0.508 e. The smallest absolute Gasteiger partial charge is 0.127 e. The van der Waals surface area contributed by atoms with Crippen LogP contribution in [0, 0.1) is 5.82 Å². The summed E-state index contributed by atoms with van der Waals surface area (Å²) in [6.45, 7) is 0.0238. The molecule has 1 rings (SSSR count). The molecule has 0 heterocycles. The van der Waals surface area contributed by atoms with Crippen molar-refractivity contribution in [2.75, 3.05) is 6.54 Å². The number of hydrogen-bond donors (Lipinski definition) is 3. The van der Waals surface area contributed by atoms with Crippen LogP contribution in [0.5, 0.6) is 5.75 Å². The van der Waals surface area contributed by atoms with Crippen LogP contribution in [0.2, 0.25) is 0 Å². The number of azide groups is 1. The van der Waals surface area contributed by atoms with Crippen LogP contribution in [0.25, 0.3) is 10.4 Å². The van der Waals surface area contributed by atoms with E-state index in [0.717, 1.165) is 18.2 Å². The Morgan fingerprint density at radius 2 is 2.06 bits per heavy atom. The molecule has 0 bridgehead atoms. The highest BCUT2D eigenvalue weighted by atomic mass is 19.1. The summed E-state index contributed by atoms with van der Waals surface area (Å²) in [7, 11) is 0. The summed E-state index contributed by atoms with van der Waals surface area (Å²) in [5.74, 6) is -1.04. The molecule has 1 aromatic rings. The van der Waals surface area contributed by atoms with Crippen molar-refractivity contribution in [1.82, 2.24) is 0 Å². The van der Waals surface area contributed by atoms with Gasteiger partial charge < -0.3 is 15.3 Å². The van der Waals surface area contributed by atoms with E-state index in [4.69, 9.17) is 10.6 Å². The van der Waals surface area contributed by atoms with Gasteiger partial charge in [0, 0.05) is 17.5 Å². The van der Waals surface area contributed by atoms with E-state index in [-0.39, 0.29) is 24.3 Å². The molecule has 0 radical (unpaired) electrons. The van der Waals surface area contributed by atoms with Crippen LogP contribution in [0.3, 0.4) is 0 Å². The van der Waals surface area contributed by atoms with Gasteiger partial charge in [0.15, 0.2) is 0 Å². The van der Waals surface area contributed by atoms with Gasteiger partial charge in [-0.25, -0.2) is 4.39 Å². The zero-order valence-corrected chi connectivity index (χ0v) is 8.86. The van der Waals surface area contributed by atoms with Gasteiger partial charge in [-0.15, -0.1) is 0 Å². The van der Waals surface area contributed by atoms with Gasteiger partial charge in [-0.05, 0) is 29.6 Å². The molecule has 7 heteroatoms. The standard InChI is InChI=1S/C10H12FN3O3/c11-7-3-6(4-8(15)5-7)10(17)9(16)1-2-13-14-12/h3-5,9-10,15-17H,1-2H2. The third-order valence-corrected chi connectivity index (χ3v) is 2.20. The Balaban J connectivity index is 2.73. The highest BCUT2D eigenvalue weighted by Gasteiger charge is 2.19. The number of halogens is 1. The van der Waals surface area contributed by atoms with Gasteiger partial charge in [-0.2, -0.15) is 0 Å². The van der Waals surface area contributed by atoms with Gasteiger partial charge in [-0.1, -0.05) is 5.11 Å². The molecular formula is C10H12FN3O3. The molecule has 0 aromatic heterocycles. The third-order valence-electron chi connectivity index (χ3n) is 2.20. The fourth-order valence-electron chi connectivity index (χ4n) is 1.38. The summed E-state index contributed by atoms with van der Waals surface area (Å²) in [6.07, 6.45) is -2.49. The normalized spacial score (nSPS) is 13.8. The number of aromatic hydroxyl groups is 1. The lowest BCUT2D eigenvalue weighted by molar-refractivity contribution is 0.0148. The minimum Gasteiger partial charge on any atom is -0.508 e. The second-order valence-electron chi connectivity index (χ2n) is 3.50. The molecule has 1 aromatic carbocycles. The topological polar surface area (TPSA) is 109 Å². The Hall–Kier alpha value is -1.82. The summed E-state index contributed by atoms with van der Waals surface area (Å²) in [6, 6.07) is 3.06. The molecule has 0 saturated carbocycles. The highest BCUT2D eigenvalue weighted by Crippen LogP contribution is 2.24. The van der Waals surface area contributed by atoms with E-state index < -0.39 is 18.0 Å². The quantitative estimate of drug-likeness (QED) is 0.414. The first kappa shape index (κ1) is 13.2. The molecule has 92 valence electrons. The third kappa shape index (κ3) is 3.92. The lowest BCUT2D eigenvalue weighted by atomic mass is 10.0. The van der Waals surface area contributed by atoms with Gasteiger partial charge >= 0.3 is 0 Å². The Morgan fingerprint density at radius 1 is 1.35 bits per heavy atom. The van der Waals surface area contributed by atoms with Crippen LogP contribution in [0.1, 0.15) is 18.1 Å². The van der Waals surface area contributed by atoms with Crippen molar-refractivity contribution < 1.29 is 19.7 Å². The maximum absolute atomic E-state index is 12.9. The van der Waals surface area contributed by atoms with Crippen LogP contribution in [0.4, 0.5) is 4.39 Å². The first-order chi connectivity index (χ1) is 8.04. The van der Waals surface area contributed by atoms with Crippen molar-refractivity contribution in [2.24, 2.45) is 5.11 Å². The Morgan fingerprint density at radius 3 is 2.65 bits per heavy atom. The summed E-state index contributed by atoms with van der Waals surface area (Å²) in [5.41, 5.74) is 8.10. The molecule has 0 aliphatic rings. The molecule has 3 N–H and O–H groups in total. The minimum atomic E-state index is -1.34. The zero-order valence-electron chi connectivity index (χ0n) is 8.86. The molecule has 0 amide bonds. The van der Waals surface area contributed by atoms with Crippen LogP contribution in [0.15, 0.2) is 23.3 Å². The van der Waals surface area contributed by atoms with Gasteiger partial charge in [0.25, 0.3) is 0 Å². The summed E-state index contributed by atoms with van der Waals surface area (Å²) < 4.78 is 12.9. The van der Waals surface area contributed by atoms with Gasteiger partial charge in [0.1, 0.15) is 17.7 Å². The van der Waals surface area contributed by atoms with Crippen LogP contribution >= 0.6 is 0 Å². The number of benzene rings is 1. The Bertz CT molecular complexity index is 415. The van der Waals surface area contributed by atoms with E-state index in [1.165, 1.54) is 0 Å². The van der Waals surface area contributed by atoms with Crippen molar-refractivity contribution in [3.8, 4) is 5.75 Å². The number of aliphatic hydroxyl groups excluding tert-OH is 2. The van der Waals surface area contributed by atoms with Crippen molar-refractivity contribution >= 4 is 0 Å². The molecular weight excluding hydrogens is 229 g/mol. The molecule has 2 atom stereocenters. The molecule has 17 heavy (non-hydrogen) atoms. The van der Waals surface area contributed by atoms with E-state index in [1.807, 2.05) is 0 Å². The van der Waals surface area contributed by atoms with Crippen molar-refractivity contribution in [3.05, 3.63) is 40.0 Å². The Kier molecular flexibility index (Phi) is 4.71.